The van der Waals surface area contributed by atoms with Crippen molar-refractivity contribution in [2.45, 2.75) is 11.9 Å². The van der Waals surface area contributed by atoms with Gasteiger partial charge in [-0.15, -0.1) is 0 Å². The van der Waals surface area contributed by atoms with Crippen LogP contribution in [0.4, 0.5) is 5.69 Å². The Hall–Kier alpha value is -2.35. The molecule has 2 aromatic rings. The number of nitrogens with one attached hydrogen (secondary N) is 3. The Balaban J connectivity index is 2.39. The van der Waals surface area contributed by atoms with Crippen LogP contribution in [-0.2, 0) is 10.0 Å². The number of hydrogen-bond donors (Lipinski definition) is 4. The minimum absolute atomic E-state index is 0.0277. The third-order valence-corrected chi connectivity index (χ3v) is 3.85. The van der Waals surface area contributed by atoms with E-state index < -0.39 is 10.0 Å². The smallest absolute Gasteiger partial charge is 0.278 e. The quantitative estimate of drug-likeness (QED) is 0.488. The molecule has 1 aromatic carbocycles. The molecule has 0 fully saturated rings. The van der Waals surface area contributed by atoms with Crippen molar-refractivity contribution in [3.63, 3.8) is 0 Å². The molecule has 1 aromatic heterocycles. The second kappa shape index (κ2) is 4.73. The number of nitrogens with zero attached hydrogens (tertiary/aromatic N) is 1. The summed E-state index contributed by atoms with van der Waals surface area (Å²) < 4.78 is 26.5. The monoisotopic (exact) mass is 279 g/mol. The summed E-state index contributed by atoms with van der Waals surface area (Å²) in [4.78, 5) is 6.20. The Kier molecular flexibility index (Phi) is 3.26. The number of amidine groups is 1. The van der Waals surface area contributed by atoms with E-state index in [1.54, 1.807) is 19.1 Å². The summed E-state index contributed by atoms with van der Waals surface area (Å²) in [6, 6.07) is 4.87. The number of sulfonamides is 1. The van der Waals surface area contributed by atoms with Crippen LogP contribution in [0.25, 0.3) is 0 Å². The fraction of sp³-hybridized carbons (Fsp3) is 0.0909. The number of imidazole rings is 1. The zero-order chi connectivity index (χ0) is 14.0. The molecule has 0 aliphatic carbocycles. The summed E-state index contributed by atoms with van der Waals surface area (Å²) in [6.45, 7) is 1.76. The molecule has 5 N–H and O–H groups in total. The molecule has 0 bridgehead atoms. The highest BCUT2D eigenvalue weighted by atomic mass is 32.2. The van der Waals surface area contributed by atoms with Gasteiger partial charge in [-0.05, 0) is 18.6 Å². The minimum Gasteiger partial charge on any atom is -0.384 e. The van der Waals surface area contributed by atoms with Crippen LogP contribution >= 0.6 is 0 Å². The number of aromatic nitrogens is 2. The fourth-order valence-corrected chi connectivity index (χ4v) is 2.52. The first-order valence-corrected chi connectivity index (χ1v) is 6.85. The van der Waals surface area contributed by atoms with Crippen molar-refractivity contribution in [3.8, 4) is 0 Å². The maximum atomic E-state index is 12.0. The summed E-state index contributed by atoms with van der Waals surface area (Å²) in [5, 5.41) is 7.33. The van der Waals surface area contributed by atoms with Gasteiger partial charge in [0.05, 0.1) is 18.2 Å². The molecule has 0 spiro atoms. The third-order valence-electron chi connectivity index (χ3n) is 2.56. The average Bonchev–Trinajstić information content (AvgIpc) is 2.85. The van der Waals surface area contributed by atoms with Gasteiger partial charge in [-0.3, -0.25) is 10.1 Å². The van der Waals surface area contributed by atoms with E-state index in [4.69, 9.17) is 11.1 Å². The van der Waals surface area contributed by atoms with Gasteiger partial charge in [0.2, 0.25) is 0 Å². The molecular weight excluding hydrogens is 266 g/mol. The van der Waals surface area contributed by atoms with Crippen LogP contribution in [-0.4, -0.2) is 24.2 Å². The number of H-pyrrole nitrogens is 1. The zero-order valence-electron chi connectivity index (χ0n) is 10.1. The van der Waals surface area contributed by atoms with Gasteiger partial charge in [0.1, 0.15) is 5.84 Å². The number of benzene rings is 1. The molecule has 0 radical (unpaired) electrons. The van der Waals surface area contributed by atoms with E-state index in [1.807, 2.05) is 0 Å². The number of anilines is 1. The van der Waals surface area contributed by atoms with Crippen molar-refractivity contribution < 1.29 is 8.42 Å². The van der Waals surface area contributed by atoms with Gasteiger partial charge < -0.3 is 10.7 Å². The second-order valence-electron chi connectivity index (χ2n) is 3.96. The lowest BCUT2D eigenvalue weighted by Gasteiger charge is -2.10. The van der Waals surface area contributed by atoms with E-state index in [0.29, 0.717) is 11.3 Å². The predicted molar refractivity (Wildman–Crippen MR) is 71.6 cm³/mol. The second-order valence-corrected chi connectivity index (χ2v) is 5.62. The molecule has 0 amide bonds. The molecule has 7 nitrogen and oxygen atoms in total. The lowest BCUT2D eigenvalue weighted by molar-refractivity contribution is 0.598. The first kappa shape index (κ1) is 13.1. The molecule has 0 saturated carbocycles. The fourth-order valence-electron chi connectivity index (χ4n) is 1.49. The van der Waals surface area contributed by atoms with E-state index in [9.17, 15) is 8.42 Å². The Morgan fingerprint density at radius 3 is 2.79 bits per heavy atom. The van der Waals surface area contributed by atoms with Gasteiger partial charge in [-0.1, -0.05) is 12.1 Å². The van der Waals surface area contributed by atoms with Crippen molar-refractivity contribution in [2.24, 2.45) is 5.73 Å². The number of hydrogen-bond acceptors (Lipinski definition) is 4. The molecule has 100 valence electrons. The number of aryl methyl sites for hydroxylation is 1. The zero-order valence-corrected chi connectivity index (χ0v) is 11.0. The van der Waals surface area contributed by atoms with E-state index in [-0.39, 0.29) is 10.9 Å². The third kappa shape index (κ3) is 2.74. The molecule has 0 aliphatic rings. The highest BCUT2D eigenvalue weighted by Gasteiger charge is 2.17. The summed E-state index contributed by atoms with van der Waals surface area (Å²) >= 11 is 0. The molecule has 0 aliphatic heterocycles. The summed E-state index contributed by atoms with van der Waals surface area (Å²) in [5.41, 5.74) is 6.94. The molecule has 0 unspecified atom stereocenters. The topological polar surface area (TPSA) is 125 Å². The van der Waals surface area contributed by atoms with Gasteiger partial charge in [0.15, 0.2) is 5.03 Å². The van der Waals surface area contributed by atoms with Gasteiger partial charge in [0.25, 0.3) is 10.0 Å². The van der Waals surface area contributed by atoms with E-state index in [2.05, 4.69) is 14.7 Å². The van der Waals surface area contributed by atoms with Crippen molar-refractivity contribution in [1.29, 1.82) is 5.41 Å². The maximum absolute atomic E-state index is 12.0. The Morgan fingerprint density at radius 1 is 1.47 bits per heavy atom. The minimum atomic E-state index is -3.71. The first-order valence-electron chi connectivity index (χ1n) is 5.36. The highest BCUT2D eigenvalue weighted by molar-refractivity contribution is 7.92. The molecule has 19 heavy (non-hydrogen) atoms. The van der Waals surface area contributed by atoms with Gasteiger partial charge >= 0.3 is 0 Å². The van der Waals surface area contributed by atoms with Crippen LogP contribution in [0.15, 0.2) is 35.7 Å². The first-order chi connectivity index (χ1) is 8.90. The SMILES string of the molecule is Cc1ccc(C(=N)N)cc1NS(=O)(=O)c1cnc[nH]1. The van der Waals surface area contributed by atoms with E-state index in [0.717, 1.165) is 5.56 Å². The summed E-state index contributed by atoms with van der Waals surface area (Å²) in [6.07, 6.45) is 2.50. The number of aromatic amines is 1. The van der Waals surface area contributed by atoms with Crippen molar-refractivity contribution >= 4 is 21.5 Å². The molecule has 8 heteroatoms. The lowest BCUT2D eigenvalue weighted by Crippen LogP contribution is -2.16. The molecule has 2 rings (SSSR count). The van der Waals surface area contributed by atoms with Crippen LogP contribution in [0.5, 0.6) is 0 Å². The Labute approximate surface area is 110 Å². The van der Waals surface area contributed by atoms with Crippen LogP contribution in [0.2, 0.25) is 0 Å². The average molecular weight is 279 g/mol. The normalized spacial score (nSPS) is 11.2. The molecule has 1 heterocycles. The molecule has 0 atom stereocenters. The molecule has 0 saturated heterocycles. The van der Waals surface area contributed by atoms with Crippen LogP contribution in [0, 0.1) is 12.3 Å². The van der Waals surface area contributed by atoms with Gasteiger partial charge in [-0.2, -0.15) is 8.42 Å². The predicted octanol–water partition coefficient (Wildman–Crippen LogP) is 0.803. The Morgan fingerprint density at radius 2 is 2.21 bits per heavy atom. The number of nitrogens with two attached hydrogens (primary N) is 1. The van der Waals surface area contributed by atoms with Crippen molar-refractivity contribution in [2.75, 3.05) is 4.72 Å². The summed E-state index contributed by atoms with van der Waals surface area (Å²) in [5.74, 6) is -0.123. The maximum Gasteiger partial charge on any atom is 0.278 e. The van der Waals surface area contributed by atoms with Crippen molar-refractivity contribution in [1.82, 2.24) is 9.97 Å². The standard InChI is InChI=1S/C11H13N5O2S/c1-7-2-3-8(11(12)13)4-9(7)16-19(17,18)10-5-14-6-15-10/h2-6,16H,1H3,(H3,12,13)(H,14,15). The van der Waals surface area contributed by atoms with Crippen LogP contribution < -0.4 is 10.5 Å². The van der Waals surface area contributed by atoms with Crippen LogP contribution in [0.3, 0.4) is 0 Å². The van der Waals surface area contributed by atoms with Crippen LogP contribution in [0.1, 0.15) is 11.1 Å². The lowest BCUT2D eigenvalue weighted by atomic mass is 10.1. The van der Waals surface area contributed by atoms with E-state index in [1.165, 1.54) is 18.6 Å². The van der Waals surface area contributed by atoms with Gasteiger partial charge in [-0.25, -0.2) is 4.98 Å². The molecular formula is C11H13N5O2S. The number of rotatable bonds is 4. The van der Waals surface area contributed by atoms with E-state index >= 15 is 0 Å². The van der Waals surface area contributed by atoms with Crippen molar-refractivity contribution in [3.05, 3.63) is 41.9 Å². The Bertz CT molecular complexity index is 707. The van der Waals surface area contributed by atoms with Gasteiger partial charge in [0, 0.05) is 5.56 Å². The highest BCUT2D eigenvalue weighted by Crippen LogP contribution is 2.20. The summed E-state index contributed by atoms with van der Waals surface area (Å²) in [7, 11) is -3.71. The largest absolute Gasteiger partial charge is 0.384 e. The number of nitrogen functional groups attached to an aromatic ring is 1.